The summed E-state index contributed by atoms with van der Waals surface area (Å²) in [7, 11) is 0. The Morgan fingerprint density at radius 2 is 2.19 bits per heavy atom. The maximum Gasteiger partial charge on any atom is 0.269 e. The number of thiazole rings is 1. The smallest absolute Gasteiger partial charge is 0.269 e. The number of aromatic nitrogens is 1. The second-order valence-corrected chi connectivity index (χ2v) is 6.93. The molecular weight excluding hydrogens is 376 g/mol. The molecule has 2 rings (SSSR count). The van der Waals surface area contributed by atoms with E-state index in [1.54, 1.807) is 18.2 Å². The number of carbonyl (C=O) groups is 1. The highest BCUT2D eigenvalue weighted by molar-refractivity contribution is 9.10. The lowest BCUT2D eigenvalue weighted by molar-refractivity contribution is 0.103. The molecule has 4 N–H and O–H groups in total. The number of nitrogens with one attached hydrogen (secondary N) is 2. The summed E-state index contributed by atoms with van der Waals surface area (Å²) < 4.78 is 0.821. The van der Waals surface area contributed by atoms with E-state index in [1.165, 1.54) is 11.3 Å². The zero-order chi connectivity index (χ0) is 15.6. The molecular formula is C13H14BrClN4OS. The molecule has 21 heavy (non-hydrogen) atoms. The van der Waals surface area contributed by atoms with Crippen LogP contribution >= 0.6 is 38.9 Å². The molecule has 112 valence electrons. The average molecular weight is 390 g/mol. The third-order valence-electron chi connectivity index (χ3n) is 2.45. The number of benzene rings is 1. The van der Waals surface area contributed by atoms with Crippen LogP contribution in [-0.2, 0) is 0 Å². The molecule has 1 aromatic carbocycles. The fraction of sp³-hybridized carbons (Fsp3) is 0.231. The van der Waals surface area contributed by atoms with Gasteiger partial charge in [-0.1, -0.05) is 38.9 Å². The van der Waals surface area contributed by atoms with Crippen molar-refractivity contribution in [3.8, 4) is 0 Å². The number of anilines is 3. The molecule has 1 amide bonds. The van der Waals surface area contributed by atoms with Crippen molar-refractivity contribution in [2.45, 2.75) is 19.9 Å². The number of amides is 1. The van der Waals surface area contributed by atoms with Crippen LogP contribution in [0.2, 0.25) is 5.02 Å². The highest BCUT2D eigenvalue weighted by atomic mass is 79.9. The Morgan fingerprint density at radius 3 is 2.86 bits per heavy atom. The molecule has 0 saturated carbocycles. The first-order valence-corrected chi connectivity index (χ1v) is 8.15. The minimum absolute atomic E-state index is 0.201. The van der Waals surface area contributed by atoms with Crippen LogP contribution in [0.3, 0.4) is 0 Å². The minimum Gasteiger partial charge on any atom is -0.382 e. The Kier molecular flexibility index (Phi) is 5.08. The van der Waals surface area contributed by atoms with Gasteiger partial charge in [-0.3, -0.25) is 4.79 Å². The molecule has 0 aliphatic heterocycles. The van der Waals surface area contributed by atoms with E-state index in [4.69, 9.17) is 17.3 Å². The van der Waals surface area contributed by atoms with Crippen LogP contribution in [0.15, 0.2) is 22.7 Å². The van der Waals surface area contributed by atoms with Crippen LogP contribution in [0.5, 0.6) is 0 Å². The van der Waals surface area contributed by atoms with E-state index in [0.29, 0.717) is 20.7 Å². The molecule has 1 heterocycles. The van der Waals surface area contributed by atoms with Crippen LogP contribution in [0, 0.1) is 0 Å². The summed E-state index contributed by atoms with van der Waals surface area (Å²) in [4.78, 5) is 16.8. The van der Waals surface area contributed by atoms with Crippen LogP contribution < -0.4 is 16.4 Å². The van der Waals surface area contributed by atoms with Gasteiger partial charge in [-0.05, 0) is 32.0 Å². The van der Waals surface area contributed by atoms with Crippen molar-refractivity contribution in [3.63, 3.8) is 0 Å². The van der Waals surface area contributed by atoms with E-state index in [0.717, 1.165) is 4.47 Å². The normalized spacial score (nSPS) is 10.7. The van der Waals surface area contributed by atoms with Gasteiger partial charge in [-0.15, -0.1) is 0 Å². The van der Waals surface area contributed by atoms with Gasteiger partial charge in [0.15, 0.2) is 5.13 Å². The predicted molar refractivity (Wildman–Crippen MR) is 92.4 cm³/mol. The number of hydrogen-bond donors (Lipinski definition) is 3. The summed E-state index contributed by atoms with van der Waals surface area (Å²) in [5.74, 6) is -0.131. The Labute approximate surface area is 140 Å². The van der Waals surface area contributed by atoms with Crippen molar-refractivity contribution >= 4 is 61.4 Å². The SMILES string of the molecule is CC(C)Nc1nc(N)c(C(=O)Nc2cc(Br)ccc2Cl)s1. The fourth-order valence-corrected chi connectivity index (χ4v) is 3.03. The highest BCUT2D eigenvalue weighted by Gasteiger charge is 2.17. The molecule has 0 saturated heterocycles. The molecule has 0 atom stereocenters. The molecule has 0 spiro atoms. The summed E-state index contributed by atoms with van der Waals surface area (Å²) in [6, 6.07) is 5.43. The molecule has 2 aromatic rings. The number of hydrogen-bond acceptors (Lipinski definition) is 5. The van der Waals surface area contributed by atoms with Gasteiger partial charge in [0.1, 0.15) is 10.7 Å². The van der Waals surface area contributed by atoms with Gasteiger partial charge in [0, 0.05) is 10.5 Å². The van der Waals surface area contributed by atoms with Gasteiger partial charge in [-0.2, -0.15) is 0 Å². The molecule has 5 nitrogen and oxygen atoms in total. The first-order valence-electron chi connectivity index (χ1n) is 6.16. The molecule has 0 unspecified atom stereocenters. The lowest BCUT2D eigenvalue weighted by Crippen LogP contribution is -2.12. The number of nitrogens with zero attached hydrogens (tertiary/aromatic N) is 1. The first-order chi connectivity index (χ1) is 9.86. The Morgan fingerprint density at radius 1 is 1.48 bits per heavy atom. The van der Waals surface area contributed by atoms with Gasteiger partial charge in [-0.25, -0.2) is 4.98 Å². The number of nitrogen functional groups attached to an aromatic ring is 1. The number of carbonyl (C=O) groups excluding carboxylic acids is 1. The zero-order valence-corrected chi connectivity index (χ0v) is 14.6. The summed E-state index contributed by atoms with van der Waals surface area (Å²) in [6.07, 6.45) is 0. The Hall–Kier alpha value is -1.31. The van der Waals surface area contributed by atoms with Gasteiger partial charge >= 0.3 is 0 Å². The number of nitrogens with two attached hydrogens (primary N) is 1. The topological polar surface area (TPSA) is 80.0 Å². The van der Waals surface area contributed by atoms with Crippen molar-refractivity contribution in [3.05, 3.63) is 32.6 Å². The molecule has 0 fully saturated rings. The van der Waals surface area contributed by atoms with E-state index in [1.807, 2.05) is 13.8 Å². The standard InChI is InChI=1S/C13H14BrClN4OS/c1-6(2)17-13-19-11(16)10(21-13)12(20)18-9-5-7(14)3-4-8(9)15/h3-6H,16H2,1-2H3,(H,17,19)(H,18,20). The quantitative estimate of drug-likeness (QED) is 0.731. The van der Waals surface area contributed by atoms with Crippen LogP contribution in [0.4, 0.5) is 16.6 Å². The third-order valence-corrected chi connectivity index (χ3v) is 4.27. The van der Waals surface area contributed by atoms with Crippen LogP contribution in [0.1, 0.15) is 23.5 Å². The number of rotatable bonds is 4. The average Bonchev–Trinajstić information content (AvgIpc) is 2.74. The van der Waals surface area contributed by atoms with E-state index in [-0.39, 0.29) is 17.8 Å². The lowest BCUT2D eigenvalue weighted by Gasteiger charge is -2.06. The molecule has 0 aliphatic carbocycles. The monoisotopic (exact) mass is 388 g/mol. The van der Waals surface area contributed by atoms with Crippen molar-refractivity contribution in [1.82, 2.24) is 4.98 Å². The summed E-state index contributed by atoms with van der Waals surface area (Å²) in [5, 5.41) is 6.93. The van der Waals surface area contributed by atoms with Gasteiger partial charge in [0.25, 0.3) is 5.91 Å². The Balaban J connectivity index is 2.20. The van der Waals surface area contributed by atoms with Gasteiger partial charge in [0.05, 0.1) is 10.7 Å². The van der Waals surface area contributed by atoms with Gasteiger partial charge < -0.3 is 16.4 Å². The van der Waals surface area contributed by atoms with E-state index in [2.05, 4.69) is 31.5 Å². The third kappa shape index (κ3) is 4.09. The van der Waals surface area contributed by atoms with Gasteiger partial charge in [0.2, 0.25) is 0 Å². The largest absolute Gasteiger partial charge is 0.382 e. The molecule has 8 heteroatoms. The molecule has 0 bridgehead atoms. The number of halogens is 2. The Bertz CT molecular complexity index is 674. The first kappa shape index (κ1) is 16.1. The maximum atomic E-state index is 12.3. The van der Waals surface area contributed by atoms with E-state index < -0.39 is 0 Å². The van der Waals surface area contributed by atoms with Crippen molar-refractivity contribution in [2.24, 2.45) is 0 Å². The van der Waals surface area contributed by atoms with Crippen molar-refractivity contribution in [1.29, 1.82) is 0 Å². The maximum absolute atomic E-state index is 12.3. The molecule has 1 aromatic heterocycles. The van der Waals surface area contributed by atoms with Crippen LogP contribution in [-0.4, -0.2) is 16.9 Å². The van der Waals surface area contributed by atoms with Crippen LogP contribution in [0.25, 0.3) is 0 Å². The van der Waals surface area contributed by atoms with Crippen molar-refractivity contribution in [2.75, 3.05) is 16.4 Å². The lowest BCUT2D eigenvalue weighted by atomic mass is 10.3. The van der Waals surface area contributed by atoms with Crippen molar-refractivity contribution < 1.29 is 4.79 Å². The molecule has 0 aliphatic rings. The molecule has 0 radical (unpaired) electrons. The summed E-state index contributed by atoms with van der Waals surface area (Å²) in [5.41, 5.74) is 6.31. The van der Waals surface area contributed by atoms with E-state index >= 15 is 0 Å². The summed E-state index contributed by atoms with van der Waals surface area (Å²) in [6.45, 7) is 3.97. The fourth-order valence-electron chi connectivity index (χ4n) is 1.58. The second kappa shape index (κ2) is 6.64. The predicted octanol–water partition coefficient (Wildman–Crippen LogP) is 4.21. The zero-order valence-electron chi connectivity index (χ0n) is 11.4. The van der Waals surface area contributed by atoms with E-state index in [9.17, 15) is 4.79 Å². The minimum atomic E-state index is -0.332. The highest BCUT2D eigenvalue weighted by Crippen LogP contribution is 2.29. The summed E-state index contributed by atoms with van der Waals surface area (Å²) >= 11 is 10.6. The second-order valence-electron chi connectivity index (χ2n) is 4.61.